The van der Waals surface area contributed by atoms with E-state index in [9.17, 15) is 14.7 Å². The molecule has 0 atom stereocenters. The van der Waals surface area contributed by atoms with E-state index >= 15 is 0 Å². The monoisotopic (exact) mass is 523 g/mol. The van der Waals surface area contributed by atoms with Crippen LogP contribution in [0.4, 0.5) is 0 Å². The maximum atomic E-state index is 13.6. The fourth-order valence-electron chi connectivity index (χ4n) is 6.39. The van der Waals surface area contributed by atoms with Crippen molar-refractivity contribution in [1.29, 1.82) is 0 Å². The van der Waals surface area contributed by atoms with Gasteiger partial charge in [0.25, 0.3) is 0 Å². The van der Waals surface area contributed by atoms with Crippen molar-refractivity contribution in [3.8, 4) is 22.5 Å². The van der Waals surface area contributed by atoms with E-state index in [0.29, 0.717) is 31.8 Å². The molecular weight excluding hydrogens is 490 g/mol. The number of aliphatic carboxylic acids is 1. The smallest absolute Gasteiger partial charge is 0.311 e. The van der Waals surface area contributed by atoms with Gasteiger partial charge < -0.3 is 10.0 Å². The van der Waals surface area contributed by atoms with Crippen LogP contribution in [-0.2, 0) is 16.1 Å². The van der Waals surface area contributed by atoms with Gasteiger partial charge in [-0.15, -0.1) is 10.2 Å². The fourth-order valence-corrected chi connectivity index (χ4v) is 6.39. The number of rotatable bonds is 8. The van der Waals surface area contributed by atoms with E-state index in [4.69, 9.17) is 0 Å². The number of carboxylic acids is 1. The van der Waals surface area contributed by atoms with Crippen LogP contribution in [0.2, 0.25) is 0 Å². The maximum Gasteiger partial charge on any atom is 0.311 e. The van der Waals surface area contributed by atoms with Gasteiger partial charge >= 0.3 is 5.97 Å². The standard InChI is InChI=1S/C31H33N5O3/c37-29(24-5-1-2-6-24)36(20-31(30(38)39)15-3-4-16-31)19-21-7-8-27-18-26(14-13-25(27)17-21)22-9-11-23(12-10-22)28-32-34-35-33-28/h7-14,17-18,24H,1-6,15-16,19-20H2,(H,38,39)(H,32,33,34,35). The third-order valence-corrected chi connectivity index (χ3v) is 8.62. The van der Waals surface area contributed by atoms with Crippen LogP contribution in [0, 0.1) is 11.3 Å². The summed E-state index contributed by atoms with van der Waals surface area (Å²) in [5.41, 5.74) is 3.32. The highest BCUT2D eigenvalue weighted by Gasteiger charge is 2.44. The lowest BCUT2D eigenvalue weighted by molar-refractivity contribution is -0.152. The van der Waals surface area contributed by atoms with Gasteiger partial charge in [0.2, 0.25) is 11.7 Å². The number of carboxylic acid groups (broad SMARTS) is 1. The summed E-state index contributed by atoms with van der Waals surface area (Å²) in [6.45, 7) is 0.744. The first-order valence-electron chi connectivity index (χ1n) is 13.9. The quantitative estimate of drug-likeness (QED) is 0.300. The van der Waals surface area contributed by atoms with Crippen LogP contribution in [0.15, 0.2) is 60.7 Å². The summed E-state index contributed by atoms with van der Waals surface area (Å²) in [5.74, 6) is -0.0534. The van der Waals surface area contributed by atoms with Crippen LogP contribution in [0.25, 0.3) is 33.3 Å². The first-order valence-corrected chi connectivity index (χ1v) is 13.9. The van der Waals surface area contributed by atoms with Gasteiger partial charge in [-0.25, -0.2) is 0 Å². The molecule has 0 aliphatic heterocycles. The number of aromatic nitrogens is 4. The second-order valence-corrected chi connectivity index (χ2v) is 11.2. The molecule has 8 nitrogen and oxygen atoms in total. The zero-order valence-electron chi connectivity index (χ0n) is 22.0. The molecule has 8 heteroatoms. The van der Waals surface area contributed by atoms with Crippen LogP contribution in [0.3, 0.4) is 0 Å². The Balaban J connectivity index is 1.24. The number of carbonyl (C=O) groups excluding carboxylic acids is 1. The predicted molar refractivity (Wildman–Crippen MR) is 148 cm³/mol. The molecule has 0 unspecified atom stereocenters. The Bertz CT molecular complexity index is 1470. The Morgan fingerprint density at radius 3 is 2.23 bits per heavy atom. The predicted octanol–water partition coefficient (Wildman–Crippen LogP) is 5.85. The van der Waals surface area contributed by atoms with E-state index in [0.717, 1.165) is 71.6 Å². The molecule has 2 fully saturated rings. The van der Waals surface area contributed by atoms with Gasteiger partial charge in [-0.05, 0) is 70.5 Å². The van der Waals surface area contributed by atoms with Gasteiger partial charge in [-0.1, -0.05) is 74.2 Å². The van der Waals surface area contributed by atoms with Crippen molar-refractivity contribution in [1.82, 2.24) is 25.5 Å². The number of amides is 1. The molecule has 200 valence electrons. The van der Waals surface area contributed by atoms with Gasteiger partial charge in [0.15, 0.2) is 0 Å². The van der Waals surface area contributed by atoms with Crippen LogP contribution in [0.5, 0.6) is 0 Å². The molecule has 1 aromatic heterocycles. The van der Waals surface area contributed by atoms with E-state index in [1.807, 2.05) is 17.0 Å². The van der Waals surface area contributed by atoms with Crippen molar-refractivity contribution in [2.24, 2.45) is 11.3 Å². The molecule has 0 saturated heterocycles. The summed E-state index contributed by atoms with van der Waals surface area (Å²) in [5, 5.41) is 26.5. The molecule has 0 radical (unpaired) electrons. The maximum absolute atomic E-state index is 13.6. The first-order chi connectivity index (χ1) is 19.0. The number of carbonyl (C=O) groups is 2. The number of tetrazole rings is 1. The van der Waals surface area contributed by atoms with Gasteiger partial charge in [0.05, 0.1) is 5.41 Å². The minimum absolute atomic E-state index is 0.0201. The number of fused-ring (bicyclic) bond motifs is 1. The molecule has 4 aromatic rings. The fraction of sp³-hybridized carbons (Fsp3) is 0.387. The molecule has 1 amide bonds. The first kappa shape index (κ1) is 25.2. The Hall–Kier alpha value is -4.07. The van der Waals surface area contributed by atoms with Crippen molar-refractivity contribution in [2.45, 2.75) is 57.9 Å². The van der Waals surface area contributed by atoms with Crippen molar-refractivity contribution in [3.05, 3.63) is 66.2 Å². The van der Waals surface area contributed by atoms with E-state index in [1.54, 1.807) is 0 Å². The van der Waals surface area contributed by atoms with Crippen molar-refractivity contribution in [2.75, 3.05) is 6.54 Å². The molecule has 3 aromatic carbocycles. The van der Waals surface area contributed by atoms with Gasteiger partial charge in [0.1, 0.15) is 0 Å². The molecule has 2 saturated carbocycles. The average molecular weight is 524 g/mol. The largest absolute Gasteiger partial charge is 0.481 e. The highest BCUT2D eigenvalue weighted by molar-refractivity contribution is 5.88. The molecule has 39 heavy (non-hydrogen) atoms. The van der Waals surface area contributed by atoms with Crippen LogP contribution >= 0.6 is 0 Å². The van der Waals surface area contributed by atoms with E-state index in [2.05, 4.69) is 69.2 Å². The third-order valence-electron chi connectivity index (χ3n) is 8.62. The number of benzene rings is 3. The molecular formula is C31H33N5O3. The summed E-state index contributed by atoms with van der Waals surface area (Å²) in [6, 6.07) is 20.8. The van der Waals surface area contributed by atoms with Crippen molar-refractivity contribution < 1.29 is 14.7 Å². The molecule has 2 aliphatic carbocycles. The summed E-state index contributed by atoms with van der Waals surface area (Å²) >= 11 is 0. The van der Waals surface area contributed by atoms with Crippen molar-refractivity contribution in [3.63, 3.8) is 0 Å². The zero-order valence-corrected chi connectivity index (χ0v) is 22.0. The number of nitrogens with zero attached hydrogens (tertiary/aromatic N) is 4. The second-order valence-electron chi connectivity index (χ2n) is 11.2. The van der Waals surface area contributed by atoms with Gasteiger partial charge in [-0.2, -0.15) is 5.21 Å². The molecule has 0 spiro atoms. The molecule has 1 heterocycles. The van der Waals surface area contributed by atoms with E-state index in [-0.39, 0.29) is 11.8 Å². The number of aromatic amines is 1. The Labute approximate surface area is 227 Å². The van der Waals surface area contributed by atoms with E-state index < -0.39 is 11.4 Å². The molecule has 2 N–H and O–H groups in total. The Kier molecular flexibility index (Phi) is 6.85. The summed E-state index contributed by atoms with van der Waals surface area (Å²) in [6.07, 6.45) is 7.09. The number of hydrogen-bond acceptors (Lipinski definition) is 5. The summed E-state index contributed by atoms with van der Waals surface area (Å²) in [4.78, 5) is 27.8. The SMILES string of the molecule is O=C(C1CCCC1)N(Cc1ccc2cc(-c3ccc(-c4nn[nH]n4)cc3)ccc2c1)CC1(C(=O)O)CCCC1. The number of hydrogen-bond donors (Lipinski definition) is 2. The average Bonchev–Trinajstić information content (AvgIpc) is 3.76. The van der Waals surface area contributed by atoms with Crippen molar-refractivity contribution >= 4 is 22.6 Å². The normalized spacial score (nSPS) is 17.0. The van der Waals surface area contributed by atoms with Crippen LogP contribution in [-0.4, -0.2) is 49.1 Å². The highest BCUT2D eigenvalue weighted by atomic mass is 16.4. The lowest BCUT2D eigenvalue weighted by atomic mass is 9.85. The number of nitrogens with one attached hydrogen (secondary N) is 1. The third kappa shape index (κ3) is 5.15. The van der Waals surface area contributed by atoms with Gasteiger partial charge in [-0.3, -0.25) is 9.59 Å². The minimum atomic E-state index is -0.820. The van der Waals surface area contributed by atoms with E-state index in [1.165, 1.54) is 0 Å². The lowest BCUT2D eigenvalue weighted by Crippen LogP contribution is -2.45. The summed E-state index contributed by atoms with van der Waals surface area (Å²) < 4.78 is 0. The van der Waals surface area contributed by atoms with Gasteiger partial charge in [0, 0.05) is 24.6 Å². The van der Waals surface area contributed by atoms with Crippen LogP contribution in [0.1, 0.15) is 56.9 Å². The summed E-state index contributed by atoms with van der Waals surface area (Å²) in [7, 11) is 0. The zero-order chi connectivity index (χ0) is 26.8. The topological polar surface area (TPSA) is 112 Å². The number of H-pyrrole nitrogens is 1. The molecule has 6 rings (SSSR count). The second kappa shape index (κ2) is 10.6. The molecule has 2 aliphatic rings. The minimum Gasteiger partial charge on any atom is -0.481 e. The molecule has 0 bridgehead atoms. The van der Waals surface area contributed by atoms with Crippen LogP contribution < -0.4 is 0 Å². The lowest BCUT2D eigenvalue weighted by Gasteiger charge is -2.34. The Morgan fingerprint density at radius 1 is 0.872 bits per heavy atom. The Morgan fingerprint density at radius 2 is 1.54 bits per heavy atom. The highest BCUT2D eigenvalue weighted by Crippen LogP contribution is 2.40.